The van der Waals surface area contributed by atoms with Crippen molar-refractivity contribution >= 4 is 5.91 Å². The molecule has 1 aromatic heterocycles. The highest BCUT2D eigenvalue weighted by atomic mass is 16.5. The molecule has 1 aliphatic heterocycles. The van der Waals surface area contributed by atoms with Gasteiger partial charge >= 0.3 is 0 Å². The van der Waals surface area contributed by atoms with Crippen molar-refractivity contribution in [2.24, 2.45) is 5.92 Å². The maximum atomic E-state index is 12.3. The molecule has 1 saturated heterocycles. The molecule has 6 heteroatoms. The highest BCUT2D eigenvalue weighted by Gasteiger charge is 2.19. The summed E-state index contributed by atoms with van der Waals surface area (Å²) in [7, 11) is 4.15. The summed E-state index contributed by atoms with van der Waals surface area (Å²) < 4.78 is 5.34. The van der Waals surface area contributed by atoms with Gasteiger partial charge in [-0.3, -0.25) is 9.69 Å². The standard InChI is InChI=1S/C20H28N4O2/c1-23-10-6-9-17(14-23)12-21-20(25)19-11-18(26-22-19)15-24(2)13-16-7-4-3-5-8-16/h3-5,7-8,11,17H,6,9-10,12-15H2,1-2H3,(H,21,25). The van der Waals surface area contributed by atoms with E-state index in [0.29, 0.717) is 30.5 Å². The van der Waals surface area contributed by atoms with Gasteiger partial charge in [0.05, 0.1) is 6.54 Å². The smallest absolute Gasteiger partial charge is 0.273 e. The Morgan fingerprint density at radius 2 is 2.15 bits per heavy atom. The fourth-order valence-electron chi connectivity index (χ4n) is 3.48. The van der Waals surface area contributed by atoms with Crippen LogP contribution in [0.25, 0.3) is 0 Å². The molecule has 6 nitrogen and oxygen atoms in total. The van der Waals surface area contributed by atoms with Crippen LogP contribution >= 0.6 is 0 Å². The van der Waals surface area contributed by atoms with Crippen LogP contribution < -0.4 is 5.32 Å². The third-order valence-corrected chi connectivity index (χ3v) is 4.79. The van der Waals surface area contributed by atoms with E-state index in [2.05, 4.69) is 39.5 Å². The van der Waals surface area contributed by atoms with Gasteiger partial charge in [-0.05, 0) is 45.0 Å². The van der Waals surface area contributed by atoms with Crippen molar-refractivity contribution < 1.29 is 9.32 Å². The van der Waals surface area contributed by atoms with Crippen LogP contribution in [0.15, 0.2) is 40.9 Å². The molecule has 140 valence electrons. The summed E-state index contributed by atoms with van der Waals surface area (Å²) in [5.74, 6) is 1.06. The first-order valence-corrected chi connectivity index (χ1v) is 9.25. The summed E-state index contributed by atoms with van der Waals surface area (Å²) >= 11 is 0. The monoisotopic (exact) mass is 356 g/mol. The normalized spacial score (nSPS) is 18.2. The predicted molar refractivity (Wildman–Crippen MR) is 101 cm³/mol. The van der Waals surface area contributed by atoms with Gasteiger partial charge in [0.25, 0.3) is 5.91 Å². The van der Waals surface area contributed by atoms with Gasteiger partial charge in [0.1, 0.15) is 0 Å². The van der Waals surface area contributed by atoms with E-state index < -0.39 is 0 Å². The number of nitrogens with zero attached hydrogens (tertiary/aromatic N) is 3. The molecule has 0 saturated carbocycles. The highest BCUT2D eigenvalue weighted by Crippen LogP contribution is 2.14. The van der Waals surface area contributed by atoms with E-state index in [9.17, 15) is 4.79 Å². The van der Waals surface area contributed by atoms with E-state index in [1.807, 2.05) is 25.2 Å². The Morgan fingerprint density at radius 1 is 1.35 bits per heavy atom. The summed E-state index contributed by atoms with van der Waals surface area (Å²) in [6, 6.07) is 12.0. The number of hydrogen-bond acceptors (Lipinski definition) is 5. The lowest BCUT2D eigenvalue weighted by Crippen LogP contribution is -2.39. The number of rotatable bonds is 7. The van der Waals surface area contributed by atoms with Crippen LogP contribution in [0.3, 0.4) is 0 Å². The van der Waals surface area contributed by atoms with Gasteiger partial charge in [0.2, 0.25) is 0 Å². The van der Waals surface area contributed by atoms with Gasteiger partial charge in [0.15, 0.2) is 11.5 Å². The summed E-state index contributed by atoms with van der Waals surface area (Å²) in [5.41, 5.74) is 1.60. The summed E-state index contributed by atoms with van der Waals surface area (Å²) in [6.07, 6.45) is 2.36. The maximum Gasteiger partial charge on any atom is 0.273 e. The minimum absolute atomic E-state index is 0.154. The quantitative estimate of drug-likeness (QED) is 0.825. The minimum Gasteiger partial charge on any atom is -0.359 e. The van der Waals surface area contributed by atoms with Gasteiger partial charge in [0, 0.05) is 25.7 Å². The average molecular weight is 356 g/mol. The van der Waals surface area contributed by atoms with Crippen molar-refractivity contribution in [2.45, 2.75) is 25.9 Å². The number of likely N-dealkylation sites (tertiary alicyclic amines) is 1. The van der Waals surface area contributed by atoms with Crippen LogP contribution in [0.1, 0.15) is 34.7 Å². The predicted octanol–water partition coefficient (Wildman–Crippen LogP) is 2.38. The molecule has 2 aromatic rings. The van der Waals surface area contributed by atoms with Crippen molar-refractivity contribution in [1.29, 1.82) is 0 Å². The third-order valence-electron chi connectivity index (χ3n) is 4.79. The molecular formula is C20H28N4O2. The van der Waals surface area contributed by atoms with Crippen LogP contribution in [-0.2, 0) is 13.1 Å². The molecule has 1 aromatic carbocycles. The van der Waals surface area contributed by atoms with E-state index in [4.69, 9.17) is 4.52 Å². The third kappa shape index (κ3) is 5.41. The SMILES string of the molecule is CN(Cc1ccccc1)Cc1cc(C(=O)NCC2CCCN(C)C2)no1. The summed E-state index contributed by atoms with van der Waals surface area (Å²) in [4.78, 5) is 16.7. The molecule has 0 bridgehead atoms. The number of carbonyl (C=O) groups excluding carboxylic acids is 1. The largest absolute Gasteiger partial charge is 0.359 e. The average Bonchev–Trinajstić information content (AvgIpc) is 3.09. The zero-order valence-electron chi connectivity index (χ0n) is 15.6. The second kappa shape index (κ2) is 8.96. The zero-order chi connectivity index (χ0) is 18.4. The van der Waals surface area contributed by atoms with Crippen molar-refractivity contribution in [3.8, 4) is 0 Å². The van der Waals surface area contributed by atoms with Gasteiger partial charge < -0.3 is 14.7 Å². The Labute approximate surface area is 155 Å². The lowest BCUT2D eigenvalue weighted by atomic mass is 9.98. The van der Waals surface area contributed by atoms with Crippen LogP contribution in [0.4, 0.5) is 0 Å². The Bertz CT molecular complexity index is 701. The zero-order valence-corrected chi connectivity index (χ0v) is 15.6. The van der Waals surface area contributed by atoms with Gasteiger partial charge in [-0.25, -0.2) is 0 Å². The van der Waals surface area contributed by atoms with Crippen LogP contribution in [0.5, 0.6) is 0 Å². The number of aromatic nitrogens is 1. The molecule has 1 amide bonds. The topological polar surface area (TPSA) is 61.6 Å². The van der Waals surface area contributed by atoms with E-state index in [1.165, 1.54) is 18.4 Å². The molecule has 0 aliphatic carbocycles. The Kier molecular flexibility index (Phi) is 6.41. The molecule has 26 heavy (non-hydrogen) atoms. The van der Waals surface area contributed by atoms with E-state index >= 15 is 0 Å². The number of piperidine rings is 1. The molecule has 1 unspecified atom stereocenters. The van der Waals surface area contributed by atoms with E-state index in [1.54, 1.807) is 6.07 Å². The molecule has 1 aliphatic rings. The summed E-state index contributed by atoms with van der Waals surface area (Å²) in [5, 5.41) is 6.92. The van der Waals surface area contributed by atoms with E-state index in [-0.39, 0.29) is 5.91 Å². The second-order valence-corrected chi connectivity index (χ2v) is 7.32. The Morgan fingerprint density at radius 3 is 2.92 bits per heavy atom. The molecule has 2 heterocycles. The fourth-order valence-corrected chi connectivity index (χ4v) is 3.48. The fraction of sp³-hybridized carbons (Fsp3) is 0.500. The second-order valence-electron chi connectivity index (χ2n) is 7.32. The number of amides is 1. The minimum atomic E-state index is -0.154. The first-order chi connectivity index (χ1) is 12.6. The first-order valence-electron chi connectivity index (χ1n) is 9.25. The number of benzene rings is 1. The van der Waals surface area contributed by atoms with Crippen molar-refractivity contribution in [3.05, 3.63) is 53.4 Å². The van der Waals surface area contributed by atoms with Crippen molar-refractivity contribution in [2.75, 3.05) is 33.7 Å². The van der Waals surface area contributed by atoms with Crippen molar-refractivity contribution in [3.63, 3.8) is 0 Å². The van der Waals surface area contributed by atoms with Gasteiger partial charge in [-0.15, -0.1) is 0 Å². The van der Waals surface area contributed by atoms with Crippen LogP contribution in [0, 0.1) is 5.92 Å². The van der Waals surface area contributed by atoms with Crippen LogP contribution in [-0.4, -0.2) is 54.6 Å². The van der Waals surface area contributed by atoms with Gasteiger partial charge in [-0.1, -0.05) is 35.5 Å². The maximum absolute atomic E-state index is 12.3. The number of nitrogens with one attached hydrogen (secondary N) is 1. The molecule has 0 radical (unpaired) electrons. The molecule has 1 N–H and O–H groups in total. The Balaban J connectivity index is 1.46. The number of carbonyl (C=O) groups is 1. The first kappa shape index (κ1) is 18.6. The summed E-state index contributed by atoms with van der Waals surface area (Å²) in [6.45, 7) is 4.31. The molecular weight excluding hydrogens is 328 g/mol. The molecule has 3 rings (SSSR count). The highest BCUT2D eigenvalue weighted by molar-refractivity contribution is 5.92. The van der Waals surface area contributed by atoms with E-state index in [0.717, 1.165) is 19.6 Å². The molecule has 0 spiro atoms. The lowest BCUT2D eigenvalue weighted by Gasteiger charge is -2.29. The lowest BCUT2D eigenvalue weighted by molar-refractivity contribution is 0.0927. The molecule has 1 atom stereocenters. The number of hydrogen-bond donors (Lipinski definition) is 1. The van der Waals surface area contributed by atoms with Crippen molar-refractivity contribution in [1.82, 2.24) is 20.3 Å². The Hall–Kier alpha value is -2.18. The van der Waals surface area contributed by atoms with Gasteiger partial charge in [-0.2, -0.15) is 0 Å². The van der Waals surface area contributed by atoms with Crippen LogP contribution in [0.2, 0.25) is 0 Å². The molecule has 1 fully saturated rings.